The molecule has 10 heteroatoms. The highest BCUT2D eigenvalue weighted by Gasteiger charge is 2.48. The number of methoxy groups -OCH3 is 1. The number of nitrogens with zero attached hydrogens (tertiary/aromatic N) is 3. The minimum Gasteiger partial charge on any atom is -0.453 e. The second-order valence-corrected chi connectivity index (χ2v) is 6.48. The molecule has 140 valence electrons. The van der Waals surface area contributed by atoms with Gasteiger partial charge in [-0.15, -0.1) is 0 Å². The van der Waals surface area contributed by atoms with Crippen molar-refractivity contribution in [3.8, 4) is 6.07 Å². The summed E-state index contributed by atoms with van der Waals surface area (Å²) in [6.45, 7) is 1.12. The highest BCUT2D eigenvalue weighted by Crippen LogP contribution is 2.45. The Hall–Kier alpha value is -2.64. The third-order valence-corrected chi connectivity index (χ3v) is 5.04. The van der Waals surface area contributed by atoms with Crippen LogP contribution >= 0.6 is 0 Å². The Labute approximate surface area is 150 Å². The molecule has 2 heterocycles. The van der Waals surface area contributed by atoms with Gasteiger partial charge in [-0.1, -0.05) is 0 Å². The first-order chi connectivity index (χ1) is 12.4. The summed E-state index contributed by atoms with van der Waals surface area (Å²) in [5, 5.41) is 16.0. The summed E-state index contributed by atoms with van der Waals surface area (Å²) in [5.41, 5.74) is 4.82. The summed E-state index contributed by atoms with van der Waals surface area (Å²) < 4.78 is 17.6. The summed E-state index contributed by atoms with van der Waals surface area (Å²) in [5.74, 6) is -1.31. The summed E-state index contributed by atoms with van der Waals surface area (Å²) >= 11 is 0. The number of carbonyl (C=O) groups is 2. The number of primary amides is 1. The molecule has 1 aliphatic heterocycles. The lowest BCUT2D eigenvalue weighted by Gasteiger charge is -2.42. The highest BCUT2D eigenvalue weighted by molar-refractivity contribution is 6.00. The Morgan fingerprint density at radius 2 is 2.04 bits per heavy atom. The number of hydrogen-bond acceptors (Lipinski definition) is 7. The van der Waals surface area contributed by atoms with E-state index in [0.717, 1.165) is 0 Å². The first-order valence-corrected chi connectivity index (χ1v) is 8.33. The van der Waals surface area contributed by atoms with E-state index in [-0.39, 0.29) is 17.8 Å². The fourth-order valence-electron chi connectivity index (χ4n) is 3.55. The van der Waals surface area contributed by atoms with E-state index in [1.165, 1.54) is 13.3 Å². The van der Waals surface area contributed by atoms with Gasteiger partial charge in [0, 0.05) is 19.0 Å². The van der Waals surface area contributed by atoms with E-state index < -0.39 is 23.3 Å². The standard InChI is InChI=1S/C16H21N5O5/c1-24-14(23)19-13-11(12(18)22)10-21(20-13)15(6-7-17)2-4-16(5-3-15)25-8-9-26-16/h10H,2-6,8-9H2,1H3,(H2,18,22)(H,19,20,23). The third-order valence-electron chi connectivity index (χ3n) is 5.04. The van der Waals surface area contributed by atoms with E-state index in [9.17, 15) is 14.9 Å². The minimum absolute atomic E-state index is 0.00955. The number of carbonyl (C=O) groups excluding carboxylic acids is 2. The molecule has 26 heavy (non-hydrogen) atoms. The topological polar surface area (TPSA) is 141 Å². The van der Waals surface area contributed by atoms with Crippen LogP contribution in [0.2, 0.25) is 0 Å². The molecule has 0 bridgehead atoms. The molecule has 0 atom stereocenters. The third kappa shape index (κ3) is 3.23. The molecule has 10 nitrogen and oxygen atoms in total. The van der Waals surface area contributed by atoms with Crippen LogP contribution in [0.15, 0.2) is 6.20 Å². The van der Waals surface area contributed by atoms with E-state index in [1.54, 1.807) is 4.68 Å². The Balaban J connectivity index is 1.91. The molecule has 2 aliphatic rings. The minimum atomic E-state index is -0.762. The summed E-state index contributed by atoms with van der Waals surface area (Å²) in [6, 6.07) is 2.19. The van der Waals surface area contributed by atoms with Crippen molar-refractivity contribution in [3.63, 3.8) is 0 Å². The van der Waals surface area contributed by atoms with E-state index in [2.05, 4.69) is 21.2 Å². The Kier molecular flexibility index (Phi) is 4.84. The van der Waals surface area contributed by atoms with Crippen LogP contribution < -0.4 is 11.1 Å². The molecule has 1 spiro atoms. The molecule has 0 aromatic carbocycles. The van der Waals surface area contributed by atoms with Gasteiger partial charge in [0.1, 0.15) is 5.56 Å². The second-order valence-electron chi connectivity index (χ2n) is 6.48. The van der Waals surface area contributed by atoms with Gasteiger partial charge in [0.2, 0.25) is 0 Å². The smallest absolute Gasteiger partial charge is 0.412 e. The zero-order chi connectivity index (χ0) is 18.8. The van der Waals surface area contributed by atoms with Gasteiger partial charge < -0.3 is 19.9 Å². The summed E-state index contributed by atoms with van der Waals surface area (Å²) in [7, 11) is 1.20. The van der Waals surface area contributed by atoms with Crippen LogP contribution in [0.5, 0.6) is 0 Å². The van der Waals surface area contributed by atoms with E-state index in [0.29, 0.717) is 38.9 Å². The fourth-order valence-corrected chi connectivity index (χ4v) is 3.55. The van der Waals surface area contributed by atoms with Crippen LogP contribution in [0.3, 0.4) is 0 Å². The number of nitrogens with one attached hydrogen (secondary N) is 1. The molecule has 1 aliphatic carbocycles. The lowest BCUT2D eigenvalue weighted by atomic mass is 9.77. The van der Waals surface area contributed by atoms with Gasteiger partial charge >= 0.3 is 6.09 Å². The van der Waals surface area contributed by atoms with Gasteiger partial charge in [-0.25, -0.2) is 4.79 Å². The van der Waals surface area contributed by atoms with Crippen molar-refractivity contribution in [2.24, 2.45) is 5.73 Å². The number of aromatic nitrogens is 2. The maximum atomic E-state index is 11.7. The predicted molar refractivity (Wildman–Crippen MR) is 88.1 cm³/mol. The number of nitrogens with two attached hydrogens (primary N) is 1. The van der Waals surface area contributed by atoms with E-state index in [4.69, 9.17) is 15.2 Å². The van der Waals surface area contributed by atoms with Crippen molar-refractivity contribution in [2.75, 3.05) is 25.6 Å². The van der Waals surface area contributed by atoms with Gasteiger partial charge in [-0.3, -0.25) is 14.8 Å². The molecule has 3 rings (SSSR count). The van der Waals surface area contributed by atoms with Crippen molar-refractivity contribution in [2.45, 2.75) is 43.4 Å². The average molecular weight is 363 g/mol. The van der Waals surface area contributed by atoms with Crippen molar-refractivity contribution in [1.82, 2.24) is 9.78 Å². The quantitative estimate of drug-likeness (QED) is 0.815. The van der Waals surface area contributed by atoms with Crippen LogP contribution in [-0.2, 0) is 19.7 Å². The van der Waals surface area contributed by atoms with Crippen molar-refractivity contribution >= 4 is 17.8 Å². The number of amides is 2. The van der Waals surface area contributed by atoms with E-state index in [1.807, 2.05) is 0 Å². The molecule has 1 aromatic heterocycles. The van der Waals surface area contributed by atoms with Crippen LogP contribution in [0.25, 0.3) is 0 Å². The molecule has 1 saturated heterocycles. The van der Waals surface area contributed by atoms with Crippen LogP contribution in [0.1, 0.15) is 42.5 Å². The van der Waals surface area contributed by atoms with Gasteiger partial charge in [-0.05, 0) is 12.8 Å². The fraction of sp³-hybridized carbons (Fsp3) is 0.625. The first kappa shape index (κ1) is 18.2. The molecule has 0 radical (unpaired) electrons. The zero-order valence-corrected chi connectivity index (χ0v) is 14.5. The normalized spacial score (nSPS) is 20.5. The Bertz CT molecular complexity index is 737. The molecule has 3 N–H and O–H groups in total. The molecule has 0 unspecified atom stereocenters. The van der Waals surface area contributed by atoms with Crippen molar-refractivity contribution < 1.29 is 23.8 Å². The molecule has 2 fully saturated rings. The number of nitriles is 1. The monoisotopic (exact) mass is 363 g/mol. The largest absolute Gasteiger partial charge is 0.453 e. The van der Waals surface area contributed by atoms with E-state index >= 15 is 0 Å². The molecular formula is C16H21N5O5. The van der Waals surface area contributed by atoms with Gasteiger partial charge in [0.25, 0.3) is 5.91 Å². The Morgan fingerprint density at radius 3 is 2.58 bits per heavy atom. The summed E-state index contributed by atoms with van der Waals surface area (Å²) in [4.78, 5) is 23.2. The van der Waals surface area contributed by atoms with Crippen LogP contribution in [-0.4, -0.2) is 47.9 Å². The van der Waals surface area contributed by atoms with Gasteiger partial charge in [0.15, 0.2) is 11.6 Å². The number of hydrogen-bond donors (Lipinski definition) is 2. The average Bonchev–Trinajstić information content (AvgIpc) is 3.25. The SMILES string of the molecule is COC(=O)Nc1nn(C2(CC#N)CCC3(CC2)OCCO3)cc1C(N)=O. The Morgan fingerprint density at radius 1 is 1.38 bits per heavy atom. The maximum Gasteiger partial charge on any atom is 0.412 e. The lowest BCUT2D eigenvalue weighted by molar-refractivity contribution is -0.190. The first-order valence-electron chi connectivity index (χ1n) is 8.33. The van der Waals surface area contributed by atoms with Crippen LogP contribution in [0, 0.1) is 11.3 Å². The van der Waals surface area contributed by atoms with Gasteiger partial charge in [0.05, 0.1) is 38.4 Å². The number of rotatable bonds is 4. The van der Waals surface area contributed by atoms with Crippen LogP contribution in [0.4, 0.5) is 10.6 Å². The zero-order valence-electron chi connectivity index (χ0n) is 14.5. The van der Waals surface area contributed by atoms with Crippen molar-refractivity contribution in [3.05, 3.63) is 11.8 Å². The maximum absolute atomic E-state index is 11.7. The predicted octanol–water partition coefficient (Wildman–Crippen LogP) is 1.09. The van der Waals surface area contributed by atoms with Gasteiger partial charge in [-0.2, -0.15) is 10.4 Å². The second kappa shape index (κ2) is 6.93. The molecule has 1 aromatic rings. The van der Waals surface area contributed by atoms with Crippen molar-refractivity contribution in [1.29, 1.82) is 5.26 Å². The molecule has 2 amide bonds. The molecular weight excluding hydrogens is 342 g/mol. The molecule has 1 saturated carbocycles. The highest BCUT2D eigenvalue weighted by atomic mass is 16.7. The lowest BCUT2D eigenvalue weighted by Crippen LogP contribution is -2.45. The number of anilines is 1. The summed E-state index contributed by atoms with van der Waals surface area (Å²) in [6.07, 6.45) is 3.29. The number of ether oxygens (including phenoxy) is 3.